The van der Waals surface area contributed by atoms with Crippen molar-refractivity contribution in [2.45, 2.75) is 13.0 Å². The van der Waals surface area contributed by atoms with Gasteiger partial charge < -0.3 is 19.9 Å². The number of nitrogens with one attached hydrogen (secondary N) is 1. The van der Waals surface area contributed by atoms with Crippen molar-refractivity contribution in [3.05, 3.63) is 29.3 Å². The van der Waals surface area contributed by atoms with Crippen molar-refractivity contribution < 1.29 is 9.53 Å². The summed E-state index contributed by atoms with van der Waals surface area (Å²) in [5.41, 5.74) is 1.11. The van der Waals surface area contributed by atoms with Crippen molar-refractivity contribution in [2.24, 2.45) is 0 Å². The van der Waals surface area contributed by atoms with Gasteiger partial charge in [-0.3, -0.25) is 0 Å². The van der Waals surface area contributed by atoms with Crippen molar-refractivity contribution in [3.8, 4) is 0 Å². The zero-order valence-electron chi connectivity index (χ0n) is 12.5. The molecule has 1 fully saturated rings. The largest absolute Gasteiger partial charge is 0.383 e. The van der Waals surface area contributed by atoms with Crippen LogP contribution in [0, 0.1) is 0 Å². The van der Waals surface area contributed by atoms with Gasteiger partial charge in [-0.2, -0.15) is 0 Å². The second-order valence-electron chi connectivity index (χ2n) is 5.26. The van der Waals surface area contributed by atoms with Crippen LogP contribution in [0.1, 0.15) is 6.92 Å². The lowest BCUT2D eigenvalue weighted by Gasteiger charge is -2.36. The molecule has 2 rings (SSSR count). The molecule has 1 aromatic rings. The number of anilines is 1. The zero-order chi connectivity index (χ0) is 15.2. The molecule has 1 heterocycles. The first-order valence-electron chi connectivity index (χ1n) is 7.15. The third-order valence-corrected chi connectivity index (χ3v) is 3.76. The number of hydrogen-bond acceptors (Lipinski definition) is 3. The molecule has 5 nitrogen and oxygen atoms in total. The lowest BCUT2D eigenvalue weighted by atomic mass is 10.2. The van der Waals surface area contributed by atoms with Crippen LogP contribution >= 0.6 is 11.6 Å². The van der Waals surface area contributed by atoms with Gasteiger partial charge in [-0.15, -0.1) is 0 Å². The molecule has 0 radical (unpaired) electrons. The van der Waals surface area contributed by atoms with E-state index in [0.717, 1.165) is 23.8 Å². The molecule has 0 spiro atoms. The van der Waals surface area contributed by atoms with Crippen LogP contribution in [-0.4, -0.2) is 56.9 Å². The second-order valence-corrected chi connectivity index (χ2v) is 5.70. The average molecular weight is 312 g/mol. The number of urea groups is 1. The van der Waals surface area contributed by atoms with Gasteiger partial charge in [-0.1, -0.05) is 17.7 Å². The van der Waals surface area contributed by atoms with E-state index in [-0.39, 0.29) is 12.1 Å². The van der Waals surface area contributed by atoms with Gasteiger partial charge in [0.2, 0.25) is 0 Å². The number of methoxy groups -OCH3 is 1. The summed E-state index contributed by atoms with van der Waals surface area (Å²) < 4.78 is 5.02. The number of benzene rings is 1. The number of rotatable bonds is 4. The van der Waals surface area contributed by atoms with E-state index in [9.17, 15) is 4.79 Å². The van der Waals surface area contributed by atoms with Gasteiger partial charge in [0.05, 0.1) is 12.6 Å². The minimum atomic E-state index is -0.0229. The number of halogens is 1. The third-order valence-electron chi connectivity index (χ3n) is 3.53. The Labute approximate surface area is 130 Å². The fourth-order valence-corrected chi connectivity index (χ4v) is 2.62. The summed E-state index contributed by atoms with van der Waals surface area (Å²) in [6.07, 6.45) is 0. The van der Waals surface area contributed by atoms with Crippen LogP contribution in [0.4, 0.5) is 10.5 Å². The molecule has 0 saturated carbocycles. The number of nitrogens with zero attached hydrogens (tertiary/aromatic N) is 2. The molecule has 1 aliphatic heterocycles. The Morgan fingerprint density at radius 3 is 2.71 bits per heavy atom. The molecule has 0 aromatic heterocycles. The van der Waals surface area contributed by atoms with Crippen LogP contribution in [0.2, 0.25) is 5.02 Å². The molecule has 0 bridgehead atoms. The highest BCUT2D eigenvalue weighted by molar-refractivity contribution is 6.30. The number of amides is 2. The van der Waals surface area contributed by atoms with Gasteiger partial charge in [0.25, 0.3) is 0 Å². The summed E-state index contributed by atoms with van der Waals surface area (Å²) in [5.74, 6) is 0. The molecule has 1 atom stereocenters. The first kappa shape index (κ1) is 15.9. The minimum Gasteiger partial charge on any atom is -0.383 e. The lowest BCUT2D eigenvalue weighted by molar-refractivity contribution is 0.158. The smallest absolute Gasteiger partial charge is 0.317 e. The maximum atomic E-state index is 12.1. The van der Waals surface area contributed by atoms with E-state index < -0.39 is 0 Å². The summed E-state index contributed by atoms with van der Waals surface area (Å²) >= 11 is 6.02. The lowest BCUT2D eigenvalue weighted by Crippen LogP contribution is -2.53. The van der Waals surface area contributed by atoms with E-state index in [1.54, 1.807) is 7.11 Å². The average Bonchev–Trinajstić information content (AvgIpc) is 2.47. The monoisotopic (exact) mass is 311 g/mol. The van der Waals surface area contributed by atoms with Crippen LogP contribution in [0.15, 0.2) is 24.3 Å². The van der Waals surface area contributed by atoms with Crippen molar-refractivity contribution >= 4 is 23.3 Å². The molecule has 1 aliphatic rings. The Balaban J connectivity index is 1.84. The van der Waals surface area contributed by atoms with E-state index in [2.05, 4.69) is 10.2 Å². The molecule has 21 heavy (non-hydrogen) atoms. The Hall–Kier alpha value is -1.46. The van der Waals surface area contributed by atoms with Crippen LogP contribution in [-0.2, 0) is 4.74 Å². The zero-order valence-corrected chi connectivity index (χ0v) is 13.3. The highest BCUT2D eigenvalue weighted by Crippen LogP contribution is 2.20. The van der Waals surface area contributed by atoms with E-state index >= 15 is 0 Å². The molecule has 1 N–H and O–H groups in total. The van der Waals surface area contributed by atoms with Gasteiger partial charge in [0.1, 0.15) is 0 Å². The van der Waals surface area contributed by atoms with Crippen molar-refractivity contribution in [1.29, 1.82) is 0 Å². The second kappa shape index (κ2) is 7.52. The van der Waals surface area contributed by atoms with Gasteiger partial charge in [0, 0.05) is 44.0 Å². The molecular formula is C15H22ClN3O2. The quantitative estimate of drug-likeness (QED) is 0.927. The first-order chi connectivity index (χ1) is 10.1. The molecule has 1 aromatic carbocycles. The molecular weight excluding hydrogens is 290 g/mol. The van der Waals surface area contributed by atoms with Gasteiger partial charge >= 0.3 is 6.03 Å². The minimum absolute atomic E-state index is 0.0217. The SMILES string of the molecule is COCC(C)NC(=O)N1CCN(c2cccc(Cl)c2)CC1. The summed E-state index contributed by atoms with van der Waals surface area (Å²) in [7, 11) is 1.63. The highest BCUT2D eigenvalue weighted by Gasteiger charge is 2.22. The first-order valence-corrected chi connectivity index (χ1v) is 7.53. The van der Waals surface area contributed by atoms with E-state index in [4.69, 9.17) is 16.3 Å². The normalized spacial score (nSPS) is 16.7. The van der Waals surface area contributed by atoms with Crippen LogP contribution in [0.25, 0.3) is 0 Å². The molecule has 1 saturated heterocycles. The molecule has 2 amide bonds. The molecule has 6 heteroatoms. The van der Waals surface area contributed by atoms with Gasteiger partial charge in [-0.05, 0) is 25.1 Å². The van der Waals surface area contributed by atoms with Crippen molar-refractivity contribution in [1.82, 2.24) is 10.2 Å². The van der Waals surface area contributed by atoms with Crippen LogP contribution in [0.5, 0.6) is 0 Å². The van der Waals surface area contributed by atoms with E-state index in [1.807, 2.05) is 36.1 Å². The fraction of sp³-hybridized carbons (Fsp3) is 0.533. The van der Waals surface area contributed by atoms with Crippen molar-refractivity contribution in [2.75, 3.05) is 44.8 Å². The Morgan fingerprint density at radius 2 is 2.10 bits per heavy atom. The van der Waals surface area contributed by atoms with Crippen molar-refractivity contribution in [3.63, 3.8) is 0 Å². The molecule has 1 unspecified atom stereocenters. The van der Waals surface area contributed by atoms with E-state index in [0.29, 0.717) is 19.7 Å². The standard InChI is InChI=1S/C15H22ClN3O2/c1-12(11-21-2)17-15(20)19-8-6-18(7-9-19)14-5-3-4-13(16)10-14/h3-5,10,12H,6-9,11H2,1-2H3,(H,17,20). The summed E-state index contributed by atoms with van der Waals surface area (Å²) in [5, 5.41) is 3.67. The number of carbonyl (C=O) groups is 1. The highest BCUT2D eigenvalue weighted by atomic mass is 35.5. The van der Waals surface area contributed by atoms with Gasteiger partial charge in [-0.25, -0.2) is 4.79 Å². The third kappa shape index (κ3) is 4.51. The topological polar surface area (TPSA) is 44.8 Å². The van der Waals surface area contributed by atoms with Gasteiger partial charge in [0.15, 0.2) is 0 Å². The number of hydrogen-bond donors (Lipinski definition) is 1. The summed E-state index contributed by atoms with van der Waals surface area (Å²) in [4.78, 5) is 16.2. The Bertz CT molecular complexity index is 476. The van der Waals surface area contributed by atoms with E-state index in [1.165, 1.54) is 0 Å². The van der Waals surface area contributed by atoms with Crippen LogP contribution in [0.3, 0.4) is 0 Å². The number of carbonyl (C=O) groups excluding carboxylic acids is 1. The maximum absolute atomic E-state index is 12.1. The number of ether oxygens (including phenoxy) is 1. The Kier molecular flexibility index (Phi) is 5.70. The molecule has 0 aliphatic carbocycles. The molecule has 116 valence electrons. The fourth-order valence-electron chi connectivity index (χ4n) is 2.43. The van der Waals surface area contributed by atoms with Crippen LogP contribution < -0.4 is 10.2 Å². The summed E-state index contributed by atoms with van der Waals surface area (Å²) in [6.45, 7) is 5.49. The summed E-state index contributed by atoms with van der Waals surface area (Å²) in [6, 6.07) is 7.81. The number of piperazine rings is 1. The Morgan fingerprint density at radius 1 is 1.38 bits per heavy atom. The predicted octanol–water partition coefficient (Wildman–Crippen LogP) is 2.21. The predicted molar refractivity (Wildman–Crippen MR) is 85.1 cm³/mol. The maximum Gasteiger partial charge on any atom is 0.317 e.